The lowest BCUT2D eigenvalue weighted by Crippen LogP contribution is -2.30. The van der Waals surface area contributed by atoms with Crippen LogP contribution >= 0.6 is 15.6 Å². The summed E-state index contributed by atoms with van der Waals surface area (Å²) in [6, 6.07) is 0. The maximum absolute atomic E-state index is 13.1. The number of unbranched alkanes of at least 4 members (excludes halogenated alkanes) is 54. The van der Waals surface area contributed by atoms with Gasteiger partial charge in [0.2, 0.25) is 0 Å². The standard InChI is InChI=1S/C85H166O17P2/c1-7-9-11-13-15-17-18-19-20-21-22-23-24-27-34-39-45-51-57-63-69-85(90)102-81(74-96-83(88)68-62-56-50-44-38-33-28-25-26-31-36-42-47-53-59-65-77(3)4)76-100-104(93,94)98-72-79(86)71-97-103(91,92)99-75-80(73-95-82(87)67-61-55-49-41-16-14-12-10-8-2)101-84(89)70-64-58-52-46-40-35-30-29-32-37-43-48-54-60-66-78(5)6/h77-81,86H,7-76H2,1-6H3,(H,91,92)(H,93,94)/t79-,80+,81+/m0/s1. The topological polar surface area (TPSA) is 237 Å². The van der Waals surface area contributed by atoms with Crippen LogP contribution in [0.2, 0.25) is 0 Å². The number of esters is 4. The van der Waals surface area contributed by atoms with Gasteiger partial charge in [0.05, 0.1) is 26.4 Å². The first kappa shape index (κ1) is 102. The van der Waals surface area contributed by atoms with Gasteiger partial charge in [-0.15, -0.1) is 0 Å². The first-order valence-corrected chi connectivity index (χ1v) is 47.0. The zero-order chi connectivity index (χ0) is 76.4. The Morgan fingerprint density at radius 1 is 0.260 bits per heavy atom. The Morgan fingerprint density at radius 3 is 0.654 bits per heavy atom. The van der Waals surface area contributed by atoms with Crippen molar-refractivity contribution in [3.05, 3.63) is 0 Å². The molecule has 0 radical (unpaired) electrons. The first-order chi connectivity index (χ1) is 50.4. The summed E-state index contributed by atoms with van der Waals surface area (Å²) < 4.78 is 68.8. The summed E-state index contributed by atoms with van der Waals surface area (Å²) in [5, 5.41) is 10.7. The van der Waals surface area contributed by atoms with Gasteiger partial charge in [-0.25, -0.2) is 9.13 Å². The van der Waals surface area contributed by atoms with E-state index in [1.165, 1.54) is 270 Å². The van der Waals surface area contributed by atoms with Crippen LogP contribution in [0, 0.1) is 11.8 Å². The van der Waals surface area contributed by atoms with Gasteiger partial charge < -0.3 is 33.8 Å². The molecule has 0 heterocycles. The Labute approximate surface area is 638 Å². The van der Waals surface area contributed by atoms with Gasteiger partial charge >= 0.3 is 39.5 Å². The van der Waals surface area contributed by atoms with Crippen LogP contribution in [0.3, 0.4) is 0 Å². The molecule has 0 aromatic rings. The van der Waals surface area contributed by atoms with E-state index in [0.29, 0.717) is 25.7 Å². The second-order valence-electron chi connectivity index (χ2n) is 31.5. The zero-order valence-electron chi connectivity index (χ0n) is 68.3. The lowest BCUT2D eigenvalue weighted by molar-refractivity contribution is -0.161. The van der Waals surface area contributed by atoms with E-state index < -0.39 is 97.5 Å². The Balaban J connectivity index is 5.21. The zero-order valence-corrected chi connectivity index (χ0v) is 70.1. The number of aliphatic hydroxyl groups is 1. The quantitative estimate of drug-likeness (QED) is 0.0222. The highest BCUT2D eigenvalue weighted by Gasteiger charge is 2.30. The van der Waals surface area contributed by atoms with Crippen LogP contribution in [0.1, 0.15) is 452 Å². The van der Waals surface area contributed by atoms with Crippen molar-refractivity contribution in [2.75, 3.05) is 39.6 Å². The van der Waals surface area contributed by atoms with E-state index in [9.17, 15) is 43.2 Å². The number of phosphoric acid groups is 2. The van der Waals surface area contributed by atoms with Crippen LogP contribution < -0.4 is 0 Å². The molecule has 0 amide bonds. The van der Waals surface area contributed by atoms with Gasteiger partial charge in [0, 0.05) is 25.7 Å². The van der Waals surface area contributed by atoms with Crippen LogP contribution in [0.15, 0.2) is 0 Å². The molecule has 2 unspecified atom stereocenters. The van der Waals surface area contributed by atoms with E-state index in [1.807, 2.05) is 0 Å². The van der Waals surface area contributed by atoms with E-state index in [4.69, 9.17) is 37.0 Å². The second kappa shape index (κ2) is 76.4. The van der Waals surface area contributed by atoms with E-state index in [-0.39, 0.29) is 25.7 Å². The fourth-order valence-electron chi connectivity index (χ4n) is 13.2. The summed E-state index contributed by atoms with van der Waals surface area (Å²) in [4.78, 5) is 73.1. The number of hydrogen-bond acceptors (Lipinski definition) is 15. The van der Waals surface area contributed by atoms with Crippen molar-refractivity contribution in [1.29, 1.82) is 0 Å². The van der Waals surface area contributed by atoms with E-state index in [0.717, 1.165) is 102 Å². The molecule has 0 spiro atoms. The van der Waals surface area contributed by atoms with Gasteiger partial charge in [0.25, 0.3) is 0 Å². The Hall–Kier alpha value is -1.94. The van der Waals surface area contributed by atoms with Gasteiger partial charge in [-0.2, -0.15) is 0 Å². The van der Waals surface area contributed by atoms with Gasteiger partial charge in [-0.1, -0.05) is 401 Å². The largest absolute Gasteiger partial charge is 0.472 e. The van der Waals surface area contributed by atoms with Crippen molar-refractivity contribution < 1.29 is 80.2 Å². The molecule has 5 atom stereocenters. The molecule has 0 aliphatic heterocycles. The molecule has 0 rings (SSSR count). The van der Waals surface area contributed by atoms with Crippen LogP contribution in [-0.2, 0) is 65.4 Å². The molecule has 0 bridgehead atoms. The molecule has 0 aliphatic carbocycles. The second-order valence-corrected chi connectivity index (χ2v) is 34.4. The number of ether oxygens (including phenoxy) is 4. The Morgan fingerprint density at radius 2 is 0.442 bits per heavy atom. The molecule has 0 aromatic heterocycles. The van der Waals surface area contributed by atoms with Crippen LogP contribution in [0.4, 0.5) is 0 Å². The van der Waals surface area contributed by atoms with E-state index in [2.05, 4.69) is 41.5 Å². The first-order valence-electron chi connectivity index (χ1n) is 44.0. The highest BCUT2D eigenvalue weighted by Crippen LogP contribution is 2.45. The van der Waals surface area contributed by atoms with Crippen molar-refractivity contribution in [3.8, 4) is 0 Å². The predicted molar refractivity (Wildman–Crippen MR) is 428 cm³/mol. The molecule has 3 N–H and O–H groups in total. The molecule has 0 saturated carbocycles. The normalized spacial score (nSPS) is 13.8. The van der Waals surface area contributed by atoms with Crippen molar-refractivity contribution in [2.24, 2.45) is 11.8 Å². The van der Waals surface area contributed by atoms with E-state index >= 15 is 0 Å². The average molecular weight is 1520 g/mol. The number of carbonyl (C=O) groups is 4. The Kier molecular flexibility index (Phi) is 75.0. The third-order valence-electron chi connectivity index (χ3n) is 20.0. The SMILES string of the molecule is CCCCCCCCCCCCCCCCCCCCCCC(=O)O[C@H](COC(=O)CCCCCCCCCCCCCCCCCC(C)C)COP(=O)(O)OC[C@@H](O)COP(=O)(O)OC[C@@H](COC(=O)CCCCCCCCCCC)OC(=O)CCCCCCCCCCCCCCCCC(C)C. The number of carbonyl (C=O) groups excluding carboxylic acids is 4. The molecule has 0 aliphatic rings. The summed E-state index contributed by atoms with van der Waals surface area (Å²) in [5.41, 5.74) is 0. The predicted octanol–water partition coefficient (Wildman–Crippen LogP) is 25.8. The smallest absolute Gasteiger partial charge is 0.462 e. The molecular formula is C85H166O17P2. The fourth-order valence-corrected chi connectivity index (χ4v) is 14.8. The van der Waals surface area contributed by atoms with Crippen molar-refractivity contribution in [1.82, 2.24) is 0 Å². The number of rotatable bonds is 84. The number of hydrogen-bond donors (Lipinski definition) is 3. The number of aliphatic hydroxyl groups excluding tert-OH is 1. The molecule has 17 nitrogen and oxygen atoms in total. The van der Waals surface area contributed by atoms with Gasteiger partial charge in [0.15, 0.2) is 12.2 Å². The number of phosphoric ester groups is 2. The van der Waals surface area contributed by atoms with Crippen molar-refractivity contribution in [2.45, 2.75) is 471 Å². The fraction of sp³-hybridized carbons (Fsp3) is 0.953. The maximum Gasteiger partial charge on any atom is 0.472 e. The van der Waals surface area contributed by atoms with Gasteiger partial charge in [-0.3, -0.25) is 37.3 Å². The molecular weight excluding hydrogens is 1350 g/mol. The molecule has 618 valence electrons. The highest BCUT2D eigenvalue weighted by molar-refractivity contribution is 7.47. The van der Waals surface area contributed by atoms with Crippen LogP contribution in [0.25, 0.3) is 0 Å². The summed E-state index contributed by atoms with van der Waals surface area (Å²) >= 11 is 0. The lowest BCUT2D eigenvalue weighted by Gasteiger charge is -2.21. The van der Waals surface area contributed by atoms with Crippen molar-refractivity contribution in [3.63, 3.8) is 0 Å². The average Bonchev–Trinajstić information content (AvgIpc) is 1.44. The summed E-state index contributed by atoms with van der Waals surface area (Å²) in [7, 11) is -9.92. The summed E-state index contributed by atoms with van der Waals surface area (Å²) in [6.07, 6.45) is 68.1. The molecule has 19 heteroatoms. The van der Waals surface area contributed by atoms with Gasteiger partial charge in [-0.05, 0) is 37.5 Å². The molecule has 0 saturated heterocycles. The molecule has 0 fully saturated rings. The monoisotopic (exact) mass is 1520 g/mol. The maximum atomic E-state index is 13.1. The Bertz CT molecular complexity index is 1990. The van der Waals surface area contributed by atoms with Crippen LogP contribution in [0.5, 0.6) is 0 Å². The molecule has 104 heavy (non-hydrogen) atoms. The third kappa shape index (κ3) is 78.2. The summed E-state index contributed by atoms with van der Waals surface area (Å²) in [6.45, 7) is 9.70. The minimum atomic E-state index is -4.96. The van der Waals surface area contributed by atoms with Gasteiger partial charge in [0.1, 0.15) is 19.3 Å². The minimum Gasteiger partial charge on any atom is -0.462 e. The molecule has 0 aromatic carbocycles. The third-order valence-corrected chi connectivity index (χ3v) is 21.9. The van der Waals surface area contributed by atoms with Crippen LogP contribution in [-0.4, -0.2) is 96.7 Å². The van der Waals surface area contributed by atoms with Crippen molar-refractivity contribution >= 4 is 39.5 Å². The lowest BCUT2D eigenvalue weighted by atomic mass is 10.0. The minimum absolute atomic E-state index is 0.108. The highest BCUT2D eigenvalue weighted by atomic mass is 31.2. The summed E-state index contributed by atoms with van der Waals surface area (Å²) in [5.74, 6) is -0.502. The van der Waals surface area contributed by atoms with E-state index in [1.54, 1.807) is 0 Å².